The van der Waals surface area contributed by atoms with E-state index in [4.69, 9.17) is 0 Å². The van der Waals surface area contributed by atoms with Crippen molar-refractivity contribution in [3.05, 3.63) is 42.7 Å². The standard InChI is InChI=1S/C15H18N4O/c20-15(12-4-2-7-16-11-12)18-13-5-1-6-14(10-13)19-9-3-8-17-19/h1,3,5-6,8-10,12,16H,2,4,7,11H2,(H,18,20). The molecule has 2 heterocycles. The molecule has 0 saturated carbocycles. The maximum absolute atomic E-state index is 12.2. The van der Waals surface area contributed by atoms with E-state index in [0.717, 1.165) is 37.3 Å². The molecule has 5 heteroatoms. The Morgan fingerprint density at radius 2 is 2.35 bits per heavy atom. The summed E-state index contributed by atoms with van der Waals surface area (Å²) in [6.07, 6.45) is 5.63. The van der Waals surface area contributed by atoms with Gasteiger partial charge in [0.25, 0.3) is 0 Å². The summed E-state index contributed by atoms with van der Waals surface area (Å²) in [6, 6.07) is 9.60. The Morgan fingerprint density at radius 3 is 3.10 bits per heavy atom. The molecule has 20 heavy (non-hydrogen) atoms. The van der Waals surface area contributed by atoms with E-state index < -0.39 is 0 Å². The minimum Gasteiger partial charge on any atom is -0.326 e. The maximum atomic E-state index is 12.2. The number of aromatic nitrogens is 2. The zero-order chi connectivity index (χ0) is 13.8. The van der Waals surface area contributed by atoms with E-state index in [2.05, 4.69) is 15.7 Å². The minimum absolute atomic E-state index is 0.0668. The second kappa shape index (κ2) is 5.88. The molecule has 104 valence electrons. The molecule has 0 bridgehead atoms. The summed E-state index contributed by atoms with van der Waals surface area (Å²) >= 11 is 0. The van der Waals surface area contributed by atoms with E-state index in [0.29, 0.717) is 0 Å². The van der Waals surface area contributed by atoms with E-state index in [1.165, 1.54) is 0 Å². The van der Waals surface area contributed by atoms with Gasteiger partial charge in [0.15, 0.2) is 0 Å². The molecule has 1 atom stereocenters. The molecule has 2 aromatic rings. The number of piperidine rings is 1. The van der Waals surface area contributed by atoms with E-state index in [1.54, 1.807) is 10.9 Å². The zero-order valence-corrected chi connectivity index (χ0v) is 11.2. The van der Waals surface area contributed by atoms with Crippen molar-refractivity contribution in [1.29, 1.82) is 0 Å². The third-order valence-electron chi connectivity index (χ3n) is 3.55. The first kappa shape index (κ1) is 12.9. The molecule has 0 spiro atoms. The van der Waals surface area contributed by atoms with Gasteiger partial charge < -0.3 is 10.6 Å². The van der Waals surface area contributed by atoms with Gasteiger partial charge in [0, 0.05) is 24.6 Å². The second-order valence-electron chi connectivity index (χ2n) is 5.03. The highest BCUT2D eigenvalue weighted by Gasteiger charge is 2.20. The average molecular weight is 270 g/mol. The number of carbonyl (C=O) groups excluding carboxylic acids is 1. The summed E-state index contributed by atoms with van der Waals surface area (Å²) in [5.74, 6) is 0.159. The molecule has 0 aliphatic carbocycles. The summed E-state index contributed by atoms with van der Waals surface area (Å²) < 4.78 is 1.78. The first-order chi connectivity index (χ1) is 9.83. The molecule has 1 unspecified atom stereocenters. The Hall–Kier alpha value is -2.14. The fraction of sp³-hybridized carbons (Fsp3) is 0.333. The van der Waals surface area contributed by atoms with Gasteiger partial charge in [-0.15, -0.1) is 0 Å². The van der Waals surface area contributed by atoms with Gasteiger partial charge in [0.1, 0.15) is 0 Å². The molecule has 1 aliphatic rings. The molecule has 5 nitrogen and oxygen atoms in total. The number of hydrogen-bond donors (Lipinski definition) is 2. The summed E-state index contributed by atoms with van der Waals surface area (Å²) in [6.45, 7) is 1.78. The van der Waals surface area contributed by atoms with Crippen LogP contribution in [0.4, 0.5) is 5.69 Å². The molecule has 1 aliphatic heterocycles. The molecular formula is C15H18N4O. The van der Waals surface area contributed by atoms with Gasteiger partial charge in [-0.05, 0) is 43.7 Å². The van der Waals surface area contributed by atoms with Crippen LogP contribution in [-0.4, -0.2) is 28.8 Å². The average Bonchev–Trinajstić information content (AvgIpc) is 3.03. The summed E-state index contributed by atoms with van der Waals surface area (Å²) in [7, 11) is 0. The van der Waals surface area contributed by atoms with Crippen LogP contribution in [0, 0.1) is 5.92 Å². The molecule has 1 aromatic carbocycles. The summed E-state index contributed by atoms with van der Waals surface area (Å²) in [5.41, 5.74) is 1.75. The number of nitrogens with zero attached hydrogens (tertiary/aromatic N) is 2. The Labute approximate surface area is 118 Å². The van der Waals surface area contributed by atoms with E-state index in [-0.39, 0.29) is 11.8 Å². The van der Waals surface area contributed by atoms with Crippen LogP contribution in [-0.2, 0) is 4.79 Å². The molecule has 2 N–H and O–H groups in total. The first-order valence-corrected chi connectivity index (χ1v) is 6.94. The van der Waals surface area contributed by atoms with Crippen LogP contribution in [0.2, 0.25) is 0 Å². The van der Waals surface area contributed by atoms with Crippen LogP contribution < -0.4 is 10.6 Å². The fourth-order valence-electron chi connectivity index (χ4n) is 2.47. The SMILES string of the molecule is O=C(Nc1cccc(-n2cccn2)c1)C1CCCNC1. The van der Waals surface area contributed by atoms with Gasteiger partial charge in [-0.25, -0.2) is 4.68 Å². The highest BCUT2D eigenvalue weighted by Crippen LogP contribution is 2.17. The zero-order valence-electron chi connectivity index (χ0n) is 11.2. The largest absolute Gasteiger partial charge is 0.326 e. The van der Waals surface area contributed by atoms with Gasteiger partial charge in [0.2, 0.25) is 5.91 Å². The van der Waals surface area contributed by atoms with Crippen LogP contribution >= 0.6 is 0 Å². The summed E-state index contributed by atoms with van der Waals surface area (Å²) in [4.78, 5) is 12.2. The van der Waals surface area contributed by atoms with Crippen molar-refractivity contribution in [2.75, 3.05) is 18.4 Å². The lowest BCUT2D eigenvalue weighted by Gasteiger charge is -2.22. The topological polar surface area (TPSA) is 59.0 Å². The van der Waals surface area contributed by atoms with Crippen molar-refractivity contribution in [1.82, 2.24) is 15.1 Å². The van der Waals surface area contributed by atoms with Gasteiger partial charge in [0.05, 0.1) is 11.6 Å². The van der Waals surface area contributed by atoms with Crippen molar-refractivity contribution in [2.24, 2.45) is 5.92 Å². The van der Waals surface area contributed by atoms with Gasteiger partial charge in [-0.3, -0.25) is 4.79 Å². The van der Waals surface area contributed by atoms with Crippen molar-refractivity contribution in [2.45, 2.75) is 12.8 Å². The third-order valence-corrected chi connectivity index (χ3v) is 3.55. The molecule has 1 saturated heterocycles. The van der Waals surface area contributed by atoms with Crippen molar-refractivity contribution in [3.63, 3.8) is 0 Å². The number of carbonyl (C=O) groups is 1. The van der Waals surface area contributed by atoms with Crippen LogP contribution in [0.25, 0.3) is 5.69 Å². The van der Waals surface area contributed by atoms with E-state index >= 15 is 0 Å². The van der Waals surface area contributed by atoms with Crippen molar-refractivity contribution < 1.29 is 4.79 Å². The fourth-order valence-corrected chi connectivity index (χ4v) is 2.47. The molecule has 1 aromatic heterocycles. The normalized spacial score (nSPS) is 18.7. The van der Waals surface area contributed by atoms with Gasteiger partial charge >= 0.3 is 0 Å². The van der Waals surface area contributed by atoms with Crippen LogP contribution in [0.15, 0.2) is 42.7 Å². The Balaban J connectivity index is 1.71. The van der Waals surface area contributed by atoms with Gasteiger partial charge in [-0.2, -0.15) is 5.10 Å². The van der Waals surface area contributed by atoms with Crippen molar-refractivity contribution >= 4 is 11.6 Å². The quantitative estimate of drug-likeness (QED) is 0.894. The number of hydrogen-bond acceptors (Lipinski definition) is 3. The van der Waals surface area contributed by atoms with E-state index in [9.17, 15) is 4.79 Å². The molecule has 0 radical (unpaired) electrons. The Morgan fingerprint density at radius 1 is 1.40 bits per heavy atom. The lowest BCUT2D eigenvalue weighted by Crippen LogP contribution is -2.37. The minimum atomic E-state index is 0.0668. The monoisotopic (exact) mass is 270 g/mol. The highest BCUT2D eigenvalue weighted by molar-refractivity contribution is 5.93. The Kier molecular flexibility index (Phi) is 3.78. The lowest BCUT2D eigenvalue weighted by atomic mass is 9.99. The molecular weight excluding hydrogens is 252 g/mol. The van der Waals surface area contributed by atoms with E-state index in [1.807, 2.05) is 36.5 Å². The third kappa shape index (κ3) is 2.88. The Bertz CT molecular complexity index is 573. The number of amides is 1. The molecule has 1 amide bonds. The lowest BCUT2D eigenvalue weighted by molar-refractivity contribution is -0.120. The van der Waals surface area contributed by atoms with Crippen LogP contribution in [0.5, 0.6) is 0 Å². The van der Waals surface area contributed by atoms with Crippen LogP contribution in [0.1, 0.15) is 12.8 Å². The predicted octanol–water partition coefficient (Wildman–Crippen LogP) is 1.81. The number of nitrogens with one attached hydrogen (secondary N) is 2. The summed E-state index contributed by atoms with van der Waals surface area (Å²) in [5, 5.41) is 10.4. The van der Waals surface area contributed by atoms with Crippen molar-refractivity contribution in [3.8, 4) is 5.69 Å². The van der Waals surface area contributed by atoms with Crippen LogP contribution in [0.3, 0.4) is 0 Å². The molecule has 1 fully saturated rings. The maximum Gasteiger partial charge on any atom is 0.228 e. The first-order valence-electron chi connectivity index (χ1n) is 6.94. The number of rotatable bonds is 3. The highest BCUT2D eigenvalue weighted by atomic mass is 16.1. The predicted molar refractivity (Wildman–Crippen MR) is 77.8 cm³/mol. The number of benzene rings is 1. The molecule has 3 rings (SSSR count). The number of anilines is 1. The second-order valence-corrected chi connectivity index (χ2v) is 5.03. The van der Waals surface area contributed by atoms with Gasteiger partial charge in [-0.1, -0.05) is 6.07 Å². The smallest absolute Gasteiger partial charge is 0.228 e.